The predicted octanol–water partition coefficient (Wildman–Crippen LogP) is 3.53. The fraction of sp³-hybridized carbons (Fsp3) is 0.0909. The Morgan fingerprint density at radius 2 is 1.28 bits per heavy atom. The topological polar surface area (TPSA) is 83.6 Å². The molecule has 1 aliphatic rings. The van der Waals surface area contributed by atoms with E-state index in [0.29, 0.717) is 16.8 Å². The Balaban J connectivity index is 1.57. The Kier molecular flexibility index (Phi) is 4.77. The largest absolute Gasteiger partial charge is 0.268 e. The second-order valence-corrected chi connectivity index (χ2v) is 8.45. The lowest BCUT2D eigenvalue weighted by atomic mass is 10.1. The summed E-state index contributed by atoms with van der Waals surface area (Å²) in [5.74, 6) is -0.839. The van der Waals surface area contributed by atoms with Crippen LogP contribution in [-0.4, -0.2) is 20.2 Å². The van der Waals surface area contributed by atoms with E-state index >= 15 is 0 Å². The number of carbonyl (C=O) groups is 2. The zero-order valence-electron chi connectivity index (χ0n) is 15.6. The summed E-state index contributed by atoms with van der Waals surface area (Å²) in [5.41, 5.74) is 1.85. The lowest BCUT2D eigenvalue weighted by Gasteiger charge is -2.16. The van der Waals surface area contributed by atoms with E-state index in [1.807, 2.05) is 30.3 Å². The minimum Gasteiger partial charge on any atom is -0.268 e. The van der Waals surface area contributed by atoms with E-state index in [-0.39, 0.29) is 4.90 Å². The van der Waals surface area contributed by atoms with Crippen molar-refractivity contribution in [3.8, 4) is 0 Å². The van der Waals surface area contributed by atoms with Crippen molar-refractivity contribution in [1.29, 1.82) is 0 Å². The first-order valence-electron chi connectivity index (χ1n) is 9.03. The summed E-state index contributed by atoms with van der Waals surface area (Å²) in [6.45, 7) is 1.76. The molecule has 29 heavy (non-hydrogen) atoms. The smallest absolute Gasteiger partial charge is 0.266 e. The first kappa shape index (κ1) is 19.0. The molecule has 146 valence electrons. The molecule has 0 aromatic heterocycles. The van der Waals surface area contributed by atoms with Gasteiger partial charge >= 0.3 is 0 Å². The molecule has 3 aromatic rings. The standard InChI is InChI=1S/C22H18N2O4S/c1-15(16-7-3-2-4-8-16)23-29(27,28)18-13-11-17(12-14-18)24-21(25)19-9-5-6-10-20(19)22(24)26/h2-15,23H,1H3. The third-order valence-electron chi connectivity index (χ3n) is 4.83. The number of anilines is 1. The van der Waals surface area contributed by atoms with Crippen LogP contribution in [0, 0.1) is 0 Å². The quantitative estimate of drug-likeness (QED) is 0.657. The van der Waals surface area contributed by atoms with Crippen LogP contribution in [0.4, 0.5) is 5.69 Å². The second kappa shape index (κ2) is 7.27. The highest BCUT2D eigenvalue weighted by molar-refractivity contribution is 7.89. The predicted molar refractivity (Wildman–Crippen MR) is 109 cm³/mol. The first-order chi connectivity index (χ1) is 13.9. The summed E-state index contributed by atoms with van der Waals surface area (Å²) >= 11 is 0. The molecule has 2 amide bonds. The van der Waals surface area contributed by atoms with Gasteiger partial charge in [-0.2, -0.15) is 0 Å². The maximum atomic E-state index is 12.7. The molecule has 3 aromatic carbocycles. The number of sulfonamides is 1. The molecule has 1 unspecified atom stereocenters. The Hall–Kier alpha value is -3.29. The Morgan fingerprint density at radius 3 is 1.83 bits per heavy atom. The highest BCUT2D eigenvalue weighted by atomic mass is 32.2. The normalized spacial score (nSPS) is 14.7. The van der Waals surface area contributed by atoms with Crippen molar-refractivity contribution in [2.75, 3.05) is 4.90 Å². The van der Waals surface area contributed by atoms with Gasteiger partial charge in [-0.05, 0) is 48.9 Å². The number of hydrogen-bond acceptors (Lipinski definition) is 4. The maximum absolute atomic E-state index is 12.7. The molecule has 0 spiro atoms. The average Bonchev–Trinajstić information content (AvgIpc) is 2.99. The molecular weight excluding hydrogens is 388 g/mol. The van der Waals surface area contributed by atoms with E-state index in [1.165, 1.54) is 24.3 Å². The summed E-state index contributed by atoms with van der Waals surface area (Å²) in [6, 6.07) is 21.1. The summed E-state index contributed by atoms with van der Waals surface area (Å²) in [5, 5.41) is 0. The minimum atomic E-state index is -3.77. The van der Waals surface area contributed by atoms with Crippen molar-refractivity contribution < 1.29 is 18.0 Å². The van der Waals surface area contributed by atoms with Crippen molar-refractivity contribution in [1.82, 2.24) is 4.72 Å². The number of hydrogen-bond donors (Lipinski definition) is 1. The Morgan fingerprint density at radius 1 is 0.759 bits per heavy atom. The van der Waals surface area contributed by atoms with Crippen LogP contribution in [0.2, 0.25) is 0 Å². The van der Waals surface area contributed by atoms with Gasteiger partial charge in [-0.25, -0.2) is 18.0 Å². The van der Waals surface area contributed by atoms with Gasteiger partial charge in [0.1, 0.15) is 0 Å². The minimum absolute atomic E-state index is 0.0561. The highest BCUT2D eigenvalue weighted by Crippen LogP contribution is 2.29. The maximum Gasteiger partial charge on any atom is 0.266 e. The molecule has 4 rings (SSSR count). The molecule has 7 heteroatoms. The molecule has 0 bridgehead atoms. The molecule has 1 aliphatic heterocycles. The highest BCUT2D eigenvalue weighted by Gasteiger charge is 2.36. The summed E-state index contributed by atoms with van der Waals surface area (Å²) in [6.07, 6.45) is 0. The fourth-order valence-electron chi connectivity index (χ4n) is 3.31. The van der Waals surface area contributed by atoms with Gasteiger partial charge in [0.15, 0.2) is 0 Å². The number of nitrogens with zero attached hydrogens (tertiary/aromatic N) is 1. The van der Waals surface area contributed by atoms with E-state index in [1.54, 1.807) is 31.2 Å². The van der Waals surface area contributed by atoms with Crippen molar-refractivity contribution in [2.24, 2.45) is 0 Å². The molecule has 1 N–H and O–H groups in total. The lowest BCUT2D eigenvalue weighted by Crippen LogP contribution is -2.29. The average molecular weight is 406 g/mol. The van der Waals surface area contributed by atoms with Crippen LogP contribution in [0.5, 0.6) is 0 Å². The van der Waals surface area contributed by atoms with Crippen LogP contribution >= 0.6 is 0 Å². The van der Waals surface area contributed by atoms with Gasteiger partial charge in [0.2, 0.25) is 10.0 Å². The van der Waals surface area contributed by atoms with Crippen LogP contribution in [0.15, 0.2) is 83.8 Å². The van der Waals surface area contributed by atoms with Crippen LogP contribution in [0.1, 0.15) is 39.2 Å². The second-order valence-electron chi connectivity index (χ2n) is 6.74. The molecule has 0 saturated heterocycles. The lowest BCUT2D eigenvalue weighted by molar-refractivity contribution is 0.0926. The first-order valence-corrected chi connectivity index (χ1v) is 10.5. The summed E-state index contributed by atoms with van der Waals surface area (Å²) < 4.78 is 28.0. The molecule has 0 aliphatic carbocycles. The summed E-state index contributed by atoms with van der Waals surface area (Å²) in [4.78, 5) is 26.2. The van der Waals surface area contributed by atoms with Crippen molar-refractivity contribution in [2.45, 2.75) is 17.9 Å². The molecule has 1 atom stereocenters. The van der Waals surface area contributed by atoms with Gasteiger partial charge in [0.25, 0.3) is 11.8 Å². The van der Waals surface area contributed by atoms with Crippen molar-refractivity contribution >= 4 is 27.5 Å². The Labute approximate surface area is 168 Å². The van der Waals surface area contributed by atoms with Gasteiger partial charge < -0.3 is 0 Å². The van der Waals surface area contributed by atoms with E-state index in [2.05, 4.69) is 4.72 Å². The third kappa shape index (κ3) is 3.46. The van der Waals surface area contributed by atoms with Crippen LogP contribution < -0.4 is 9.62 Å². The van der Waals surface area contributed by atoms with Crippen LogP contribution in [0.25, 0.3) is 0 Å². The number of carbonyl (C=O) groups excluding carboxylic acids is 2. The molecule has 0 fully saturated rings. The number of rotatable bonds is 5. The molecule has 0 saturated carbocycles. The van der Waals surface area contributed by atoms with Gasteiger partial charge in [0, 0.05) is 6.04 Å². The van der Waals surface area contributed by atoms with E-state index in [0.717, 1.165) is 10.5 Å². The van der Waals surface area contributed by atoms with E-state index < -0.39 is 27.9 Å². The molecule has 0 radical (unpaired) electrons. The van der Waals surface area contributed by atoms with E-state index in [4.69, 9.17) is 0 Å². The molecule has 1 heterocycles. The zero-order valence-corrected chi connectivity index (χ0v) is 16.4. The van der Waals surface area contributed by atoms with E-state index in [9.17, 15) is 18.0 Å². The SMILES string of the molecule is CC(NS(=O)(=O)c1ccc(N2C(=O)c3ccccc3C2=O)cc1)c1ccccc1. The van der Waals surface area contributed by atoms with Crippen LogP contribution in [-0.2, 0) is 10.0 Å². The number of benzene rings is 3. The third-order valence-corrected chi connectivity index (χ3v) is 6.39. The molecular formula is C22H18N2O4S. The van der Waals surface area contributed by atoms with Crippen molar-refractivity contribution in [3.05, 3.63) is 95.6 Å². The number of nitrogens with one attached hydrogen (secondary N) is 1. The number of imide groups is 1. The number of amides is 2. The van der Waals surface area contributed by atoms with Crippen molar-refractivity contribution in [3.63, 3.8) is 0 Å². The number of fused-ring (bicyclic) bond motifs is 1. The monoisotopic (exact) mass is 406 g/mol. The fourth-order valence-corrected chi connectivity index (χ4v) is 4.54. The van der Waals surface area contributed by atoms with Gasteiger partial charge in [-0.1, -0.05) is 42.5 Å². The van der Waals surface area contributed by atoms with Gasteiger partial charge in [-0.3, -0.25) is 9.59 Å². The Bertz CT molecular complexity index is 1150. The molecule has 6 nitrogen and oxygen atoms in total. The van der Waals surface area contributed by atoms with Gasteiger partial charge in [-0.15, -0.1) is 0 Å². The summed E-state index contributed by atoms with van der Waals surface area (Å²) in [7, 11) is -3.77. The zero-order chi connectivity index (χ0) is 20.6. The van der Waals surface area contributed by atoms with Crippen LogP contribution in [0.3, 0.4) is 0 Å². The van der Waals surface area contributed by atoms with Gasteiger partial charge in [0.05, 0.1) is 21.7 Å².